The monoisotopic (exact) mass is 268 g/mol. The first-order valence-corrected chi connectivity index (χ1v) is 7.16. The van der Waals surface area contributed by atoms with Crippen molar-refractivity contribution in [2.75, 3.05) is 30.8 Å². The summed E-state index contributed by atoms with van der Waals surface area (Å²) < 4.78 is 4.12. The third-order valence-corrected chi connectivity index (χ3v) is 4.35. The van der Waals surface area contributed by atoms with Gasteiger partial charge in [0.25, 0.3) is 5.91 Å². The lowest BCUT2D eigenvalue weighted by molar-refractivity contribution is 0.0964. The number of nitrogens with zero attached hydrogens (tertiary/aromatic N) is 2. The second kappa shape index (κ2) is 5.56. The van der Waals surface area contributed by atoms with E-state index in [9.17, 15) is 4.79 Å². The number of carbonyl (C=O) groups excluding carboxylic acids is 1. The van der Waals surface area contributed by atoms with E-state index >= 15 is 0 Å². The van der Waals surface area contributed by atoms with Crippen LogP contribution >= 0.6 is 11.5 Å². The molecule has 0 radical (unpaired) electrons. The Bertz CT molecular complexity index is 432. The van der Waals surface area contributed by atoms with Crippen molar-refractivity contribution in [3.8, 4) is 0 Å². The average Bonchev–Trinajstić information content (AvgIpc) is 2.95. The van der Waals surface area contributed by atoms with E-state index in [1.807, 2.05) is 0 Å². The quantitative estimate of drug-likeness (QED) is 0.872. The van der Waals surface area contributed by atoms with Gasteiger partial charge in [-0.3, -0.25) is 4.79 Å². The molecule has 1 atom stereocenters. The van der Waals surface area contributed by atoms with Crippen LogP contribution in [0.2, 0.25) is 0 Å². The molecule has 1 amide bonds. The number of nitrogens with one attached hydrogen (secondary N) is 1. The minimum absolute atomic E-state index is 0.143. The highest BCUT2D eigenvalue weighted by Gasteiger charge is 2.28. The maximum Gasteiger partial charge on any atom is 0.257 e. The van der Waals surface area contributed by atoms with Crippen LogP contribution in [0.15, 0.2) is 0 Å². The van der Waals surface area contributed by atoms with Crippen LogP contribution in [0.25, 0.3) is 0 Å². The molecule has 100 valence electrons. The molecular weight excluding hydrogens is 248 g/mol. The number of amides is 1. The molecule has 1 aromatic heterocycles. The largest absolute Gasteiger partial charge is 0.382 e. The van der Waals surface area contributed by atoms with Crippen LogP contribution in [-0.2, 0) is 0 Å². The number of carbonyl (C=O) groups is 1. The van der Waals surface area contributed by atoms with Crippen LogP contribution in [0, 0.1) is 5.92 Å². The summed E-state index contributed by atoms with van der Waals surface area (Å²) in [6.45, 7) is 4.22. The molecule has 6 heteroatoms. The topological polar surface area (TPSA) is 71.2 Å². The van der Waals surface area contributed by atoms with E-state index in [0.717, 1.165) is 24.0 Å². The van der Waals surface area contributed by atoms with Crippen molar-refractivity contribution in [3.63, 3.8) is 0 Å². The van der Waals surface area contributed by atoms with Gasteiger partial charge in [-0.15, -0.1) is 0 Å². The van der Waals surface area contributed by atoms with E-state index < -0.39 is 0 Å². The number of anilines is 2. The number of aromatic nitrogens is 1. The number of hydrogen-bond acceptors (Lipinski definition) is 5. The fourth-order valence-electron chi connectivity index (χ4n) is 2.51. The van der Waals surface area contributed by atoms with Crippen LogP contribution in [0.3, 0.4) is 0 Å². The number of hydrogen-bond donors (Lipinski definition) is 2. The van der Waals surface area contributed by atoms with Gasteiger partial charge in [-0.1, -0.05) is 13.3 Å². The summed E-state index contributed by atoms with van der Waals surface area (Å²) in [5, 5.41) is 3.55. The standard InChI is InChI=1S/C12H20N4OS/c1-3-4-8-5-6-16(7-8)12-9(11(17)14-2)10(13)15-18-12/h8H,3-7H2,1-2H3,(H2,13,15)(H,14,17). The first kappa shape index (κ1) is 13.1. The molecule has 1 fully saturated rings. The van der Waals surface area contributed by atoms with Gasteiger partial charge in [-0.2, -0.15) is 4.37 Å². The summed E-state index contributed by atoms with van der Waals surface area (Å²) >= 11 is 1.33. The Kier molecular flexibility index (Phi) is 4.06. The van der Waals surface area contributed by atoms with Crippen molar-refractivity contribution in [1.29, 1.82) is 0 Å². The molecule has 2 rings (SSSR count). The molecule has 5 nitrogen and oxygen atoms in total. The van der Waals surface area contributed by atoms with Crippen LogP contribution in [0.5, 0.6) is 0 Å². The van der Waals surface area contributed by atoms with Gasteiger partial charge in [0.05, 0.1) is 0 Å². The highest BCUT2D eigenvalue weighted by molar-refractivity contribution is 7.11. The molecule has 0 aromatic carbocycles. The molecule has 0 aliphatic carbocycles. The zero-order chi connectivity index (χ0) is 13.1. The predicted octanol–water partition coefficient (Wildman–Crippen LogP) is 1.71. The fourth-order valence-corrected chi connectivity index (χ4v) is 3.35. The summed E-state index contributed by atoms with van der Waals surface area (Å²) in [5.41, 5.74) is 6.33. The van der Waals surface area contributed by atoms with Crippen LogP contribution in [0.1, 0.15) is 36.5 Å². The molecule has 1 aliphatic rings. The highest BCUT2D eigenvalue weighted by Crippen LogP contribution is 2.34. The molecule has 2 heterocycles. The molecule has 0 saturated carbocycles. The van der Waals surface area contributed by atoms with Gasteiger partial charge >= 0.3 is 0 Å². The predicted molar refractivity (Wildman–Crippen MR) is 75.1 cm³/mol. The Morgan fingerprint density at radius 3 is 3.11 bits per heavy atom. The Labute approximate surface area is 112 Å². The van der Waals surface area contributed by atoms with Crippen LogP contribution in [0.4, 0.5) is 10.8 Å². The second-order valence-corrected chi connectivity index (χ2v) is 5.47. The van der Waals surface area contributed by atoms with Crippen molar-refractivity contribution in [3.05, 3.63) is 5.56 Å². The summed E-state index contributed by atoms with van der Waals surface area (Å²) in [6, 6.07) is 0. The highest BCUT2D eigenvalue weighted by atomic mass is 32.1. The molecule has 1 aromatic rings. The van der Waals surface area contributed by atoms with E-state index in [4.69, 9.17) is 5.73 Å². The molecule has 1 saturated heterocycles. The molecule has 1 aliphatic heterocycles. The molecule has 0 bridgehead atoms. The number of nitrogen functional groups attached to an aromatic ring is 1. The summed E-state index contributed by atoms with van der Waals surface area (Å²) in [7, 11) is 1.62. The van der Waals surface area contributed by atoms with Crippen molar-refractivity contribution in [2.24, 2.45) is 5.92 Å². The number of nitrogens with two attached hydrogens (primary N) is 1. The minimum atomic E-state index is -0.143. The molecule has 3 N–H and O–H groups in total. The van der Waals surface area contributed by atoms with Gasteiger partial charge in [0, 0.05) is 20.1 Å². The fraction of sp³-hybridized carbons (Fsp3) is 0.667. The molecule has 1 unspecified atom stereocenters. The van der Waals surface area contributed by atoms with Gasteiger partial charge < -0.3 is 16.0 Å². The average molecular weight is 268 g/mol. The van der Waals surface area contributed by atoms with Gasteiger partial charge in [-0.25, -0.2) is 0 Å². The Balaban J connectivity index is 2.17. The summed E-state index contributed by atoms with van der Waals surface area (Å²) in [6.07, 6.45) is 3.66. The zero-order valence-corrected chi connectivity index (χ0v) is 11.7. The summed E-state index contributed by atoms with van der Waals surface area (Å²) in [5.74, 6) is 0.930. The maximum atomic E-state index is 11.8. The van der Waals surface area contributed by atoms with E-state index in [0.29, 0.717) is 11.4 Å². The van der Waals surface area contributed by atoms with Crippen molar-refractivity contribution in [2.45, 2.75) is 26.2 Å². The van der Waals surface area contributed by atoms with Crippen molar-refractivity contribution < 1.29 is 4.79 Å². The summed E-state index contributed by atoms with van der Waals surface area (Å²) in [4.78, 5) is 14.1. The Hall–Kier alpha value is -1.30. The smallest absolute Gasteiger partial charge is 0.257 e. The van der Waals surface area contributed by atoms with Crippen molar-refractivity contribution in [1.82, 2.24) is 9.69 Å². The van der Waals surface area contributed by atoms with Gasteiger partial charge in [-0.05, 0) is 30.3 Å². The molecular formula is C12H20N4OS. The van der Waals surface area contributed by atoms with Gasteiger partial charge in [0.2, 0.25) is 0 Å². The maximum absolute atomic E-state index is 11.8. The third kappa shape index (κ3) is 2.43. The lowest BCUT2D eigenvalue weighted by Crippen LogP contribution is -2.25. The second-order valence-electron chi connectivity index (χ2n) is 4.72. The zero-order valence-electron chi connectivity index (χ0n) is 10.9. The van der Waals surface area contributed by atoms with Crippen LogP contribution in [-0.4, -0.2) is 30.4 Å². The molecule has 0 spiro atoms. The first-order chi connectivity index (χ1) is 8.67. The normalized spacial score (nSPS) is 19.2. The SMILES string of the molecule is CCCC1CCN(c2snc(N)c2C(=O)NC)C1. The Morgan fingerprint density at radius 2 is 2.44 bits per heavy atom. The van der Waals surface area contributed by atoms with E-state index in [2.05, 4.69) is 21.5 Å². The molecule has 18 heavy (non-hydrogen) atoms. The first-order valence-electron chi connectivity index (χ1n) is 6.39. The lowest BCUT2D eigenvalue weighted by atomic mass is 10.0. The van der Waals surface area contributed by atoms with Crippen LogP contribution < -0.4 is 16.0 Å². The Morgan fingerprint density at radius 1 is 1.67 bits per heavy atom. The van der Waals surface area contributed by atoms with E-state index in [1.54, 1.807) is 7.05 Å². The van der Waals surface area contributed by atoms with E-state index in [-0.39, 0.29) is 5.91 Å². The van der Waals surface area contributed by atoms with Crippen molar-refractivity contribution >= 4 is 28.3 Å². The van der Waals surface area contributed by atoms with Gasteiger partial charge in [0.1, 0.15) is 10.6 Å². The minimum Gasteiger partial charge on any atom is -0.382 e. The third-order valence-electron chi connectivity index (χ3n) is 3.42. The lowest BCUT2D eigenvalue weighted by Gasteiger charge is -2.17. The number of rotatable bonds is 4. The van der Waals surface area contributed by atoms with Gasteiger partial charge in [0.15, 0.2) is 5.82 Å². The van der Waals surface area contributed by atoms with E-state index in [1.165, 1.54) is 30.8 Å².